The Bertz CT molecular complexity index is 568. The van der Waals surface area contributed by atoms with E-state index >= 15 is 0 Å². The number of aryl methyl sites for hydroxylation is 2. The van der Waals surface area contributed by atoms with Crippen LogP contribution in [0.15, 0.2) is 5.16 Å². The van der Waals surface area contributed by atoms with Gasteiger partial charge < -0.3 is 10.2 Å². The summed E-state index contributed by atoms with van der Waals surface area (Å²) in [5, 5.41) is 3.52. The summed E-state index contributed by atoms with van der Waals surface area (Å²) in [4.78, 5) is 34.5. The molecule has 1 aliphatic rings. The van der Waals surface area contributed by atoms with Gasteiger partial charge in [-0.1, -0.05) is 11.8 Å². The average molecular weight is 322 g/mol. The lowest BCUT2D eigenvalue weighted by molar-refractivity contribution is -0.142. The fourth-order valence-electron chi connectivity index (χ4n) is 2.66. The van der Waals surface area contributed by atoms with Gasteiger partial charge in [0.05, 0.1) is 0 Å². The van der Waals surface area contributed by atoms with Crippen molar-refractivity contribution in [3.63, 3.8) is 0 Å². The highest BCUT2D eigenvalue weighted by Gasteiger charge is 2.28. The second kappa shape index (κ2) is 7.09. The number of piperazine rings is 1. The van der Waals surface area contributed by atoms with Crippen LogP contribution in [-0.2, 0) is 16.0 Å². The first kappa shape index (κ1) is 16.7. The molecule has 1 atom stereocenters. The molecule has 2 heterocycles. The van der Waals surface area contributed by atoms with Crippen molar-refractivity contribution in [3.05, 3.63) is 17.0 Å². The fourth-order valence-corrected chi connectivity index (χ4v) is 3.12. The van der Waals surface area contributed by atoms with E-state index in [-0.39, 0.29) is 11.8 Å². The van der Waals surface area contributed by atoms with Gasteiger partial charge in [0.15, 0.2) is 5.16 Å². The molecule has 1 aromatic heterocycles. The summed E-state index contributed by atoms with van der Waals surface area (Å²) >= 11 is 1.51. The van der Waals surface area contributed by atoms with Gasteiger partial charge in [-0.2, -0.15) is 0 Å². The minimum Gasteiger partial charge on any atom is -0.353 e. The van der Waals surface area contributed by atoms with E-state index < -0.39 is 6.04 Å². The fraction of sp³-hybridized carbons (Fsp3) is 0.600. The van der Waals surface area contributed by atoms with Crippen molar-refractivity contribution in [2.45, 2.75) is 44.8 Å². The molecule has 1 unspecified atom stereocenters. The Morgan fingerprint density at radius 1 is 1.36 bits per heavy atom. The van der Waals surface area contributed by atoms with Gasteiger partial charge in [0.2, 0.25) is 11.8 Å². The van der Waals surface area contributed by atoms with Crippen molar-refractivity contribution in [2.75, 3.05) is 19.3 Å². The molecule has 0 radical (unpaired) electrons. The highest BCUT2D eigenvalue weighted by atomic mass is 32.2. The van der Waals surface area contributed by atoms with E-state index in [0.717, 1.165) is 22.1 Å². The van der Waals surface area contributed by atoms with Gasteiger partial charge in [-0.3, -0.25) is 9.59 Å². The van der Waals surface area contributed by atoms with E-state index in [1.807, 2.05) is 20.1 Å². The third-order valence-corrected chi connectivity index (χ3v) is 4.54. The Hall–Kier alpha value is -1.63. The Labute approximate surface area is 135 Å². The number of rotatable bonds is 4. The highest BCUT2D eigenvalue weighted by Crippen LogP contribution is 2.18. The van der Waals surface area contributed by atoms with E-state index in [4.69, 9.17) is 0 Å². The second-order valence-electron chi connectivity index (χ2n) is 5.41. The number of carbonyl (C=O) groups excluding carboxylic acids is 2. The number of hydrogen-bond donors (Lipinski definition) is 1. The number of amides is 2. The van der Waals surface area contributed by atoms with Gasteiger partial charge in [-0.05, 0) is 39.0 Å². The van der Waals surface area contributed by atoms with Gasteiger partial charge in [0.1, 0.15) is 6.04 Å². The standard InChI is InChI=1S/C15H22N4O2S/c1-9-12(10(2)18-15(17-9)22-4)5-6-13(20)19-8-7-16-14(21)11(19)3/h11H,5-8H2,1-4H3,(H,16,21). The average Bonchev–Trinajstić information content (AvgIpc) is 2.48. The first-order valence-corrected chi connectivity index (χ1v) is 8.61. The second-order valence-corrected chi connectivity index (χ2v) is 6.19. The number of aromatic nitrogens is 2. The first-order chi connectivity index (χ1) is 10.4. The molecule has 0 bridgehead atoms. The minimum absolute atomic E-state index is 0.00935. The Kier molecular flexibility index (Phi) is 5.39. The van der Waals surface area contributed by atoms with Crippen LogP contribution in [-0.4, -0.2) is 52.1 Å². The summed E-state index contributed by atoms with van der Waals surface area (Å²) < 4.78 is 0. The zero-order chi connectivity index (χ0) is 16.3. The molecule has 2 rings (SSSR count). The molecule has 1 saturated heterocycles. The number of hydrogen-bond acceptors (Lipinski definition) is 5. The molecule has 6 nitrogen and oxygen atoms in total. The number of nitrogens with zero attached hydrogens (tertiary/aromatic N) is 3. The van der Waals surface area contributed by atoms with Crippen LogP contribution in [0.3, 0.4) is 0 Å². The molecule has 1 N–H and O–H groups in total. The molecule has 1 fully saturated rings. The molecule has 0 spiro atoms. The maximum absolute atomic E-state index is 12.4. The molecule has 0 aromatic carbocycles. The molecule has 7 heteroatoms. The predicted octanol–water partition coefficient (Wildman–Crippen LogP) is 1.09. The molecule has 0 saturated carbocycles. The summed E-state index contributed by atoms with van der Waals surface area (Å²) in [6.07, 6.45) is 2.93. The lowest BCUT2D eigenvalue weighted by Crippen LogP contribution is -2.55. The quantitative estimate of drug-likeness (QED) is 0.663. The van der Waals surface area contributed by atoms with Gasteiger partial charge >= 0.3 is 0 Å². The zero-order valence-corrected chi connectivity index (χ0v) is 14.3. The summed E-state index contributed by atoms with van der Waals surface area (Å²) in [6.45, 7) is 6.76. The van der Waals surface area contributed by atoms with Crippen LogP contribution in [0.4, 0.5) is 0 Å². The monoisotopic (exact) mass is 322 g/mol. The lowest BCUT2D eigenvalue weighted by atomic mass is 10.1. The highest BCUT2D eigenvalue weighted by molar-refractivity contribution is 7.98. The van der Waals surface area contributed by atoms with Crippen molar-refractivity contribution in [1.82, 2.24) is 20.2 Å². The van der Waals surface area contributed by atoms with Crippen molar-refractivity contribution in [3.8, 4) is 0 Å². The van der Waals surface area contributed by atoms with Gasteiger partial charge in [-0.25, -0.2) is 9.97 Å². The van der Waals surface area contributed by atoms with Crippen molar-refractivity contribution < 1.29 is 9.59 Å². The van der Waals surface area contributed by atoms with Crippen molar-refractivity contribution in [2.24, 2.45) is 0 Å². The molecule has 1 aromatic rings. The van der Waals surface area contributed by atoms with Crippen LogP contribution < -0.4 is 5.32 Å². The van der Waals surface area contributed by atoms with Crippen LogP contribution in [0, 0.1) is 13.8 Å². The van der Waals surface area contributed by atoms with Crippen LogP contribution in [0.2, 0.25) is 0 Å². The number of nitrogens with one attached hydrogen (secondary N) is 1. The molecule has 120 valence electrons. The van der Waals surface area contributed by atoms with Gasteiger partial charge in [0, 0.05) is 30.9 Å². The molecular formula is C15H22N4O2S. The normalized spacial score (nSPS) is 18.3. The SMILES string of the molecule is CSc1nc(C)c(CCC(=O)N2CCNC(=O)C2C)c(C)n1. The lowest BCUT2D eigenvalue weighted by Gasteiger charge is -2.33. The topological polar surface area (TPSA) is 75.2 Å². The van der Waals surface area contributed by atoms with Gasteiger partial charge in [0.25, 0.3) is 0 Å². The largest absolute Gasteiger partial charge is 0.353 e. The van der Waals surface area contributed by atoms with E-state index in [2.05, 4.69) is 15.3 Å². The summed E-state index contributed by atoms with van der Waals surface area (Å²) in [6, 6.07) is -0.390. The van der Waals surface area contributed by atoms with E-state index in [1.54, 1.807) is 11.8 Å². The summed E-state index contributed by atoms with van der Waals surface area (Å²) in [7, 11) is 0. The third-order valence-electron chi connectivity index (χ3n) is 3.99. The summed E-state index contributed by atoms with van der Waals surface area (Å²) in [5.41, 5.74) is 2.88. The van der Waals surface area contributed by atoms with Crippen molar-refractivity contribution in [1.29, 1.82) is 0 Å². The van der Waals surface area contributed by atoms with E-state index in [9.17, 15) is 9.59 Å². The maximum Gasteiger partial charge on any atom is 0.242 e. The van der Waals surface area contributed by atoms with Crippen LogP contribution in [0.1, 0.15) is 30.3 Å². The van der Waals surface area contributed by atoms with Crippen LogP contribution in [0.5, 0.6) is 0 Å². The third kappa shape index (κ3) is 3.58. The zero-order valence-electron chi connectivity index (χ0n) is 13.5. The maximum atomic E-state index is 12.4. The van der Waals surface area contributed by atoms with Crippen LogP contribution in [0.25, 0.3) is 0 Å². The Balaban J connectivity index is 2.04. The molecule has 0 aliphatic carbocycles. The Morgan fingerprint density at radius 3 is 2.59 bits per heavy atom. The molecule has 2 amide bonds. The first-order valence-electron chi connectivity index (χ1n) is 7.39. The Morgan fingerprint density at radius 2 is 2.00 bits per heavy atom. The molecule has 1 aliphatic heterocycles. The van der Waals surface area contributed by atoms with Gasteiger partial charge in [-0.15, -0.1) is 0 Å². The minimum atomic E-state index is -0.390. The van der Waals surface area contributed by atoms with Crippen molar-refractivity contribution >= 4 is 23.6 Å². The smallest absolute Gasteiger partial charge is 0.242 e. The summed E-state index contributed by atoms with van der Waals surface area (Å²) in [5.74, 6) is -0.0743. The number of thioether (sulfide) groups is 1. The van der Waals surface area contributed by atoms with E-state index in [0.29, 0.717) is 25.9 Å². The number of carbonyl (C=O) groups is 2. The predicted molar refractivity (Wildman–Crippen MR) is 85.8 cm³/mol. The molecule has 22 heavy (non-hydrogen) atoms. The molecular weight excluding hydrogens is 300 g/mol. The van der Waals surface area contributed by atoms with E-state index in [1.165, 1.54) is 11.8 Å². The van der Waals surface area contributed by atoms with Crippen LogP contribution >= 0.6 is 11.8 Å².